The summed E-state index contributed by atoms with van der Waals surface area (Å²) in [7, 11) is 3.88. The number of hydrogen-bond donors (Lipinski definition) is 1. The van der Waals surface area contributed by atoms with Crippen molar-refractivity contribution in [3.05, 3.63) is 64.2 Å². The van der Waals surface area contributed by atoms with Crippen LogP contribution in [0.3, 0.4) is 0 Å². The molecule has 1 heterocycles. The molecule has 3 nitrogen and oxygen atoms in total. The number of hydrogen-bond acceptors (Lipinski definition) is 3. The second-order valence-electron chi connectivity index (χ2n) is 5.65. The van der Waals surface area contributed by atoms with Gasteiger partial charge in [0.25, 0.3) is 0 Å². The predicted molar refractivity (Wildman–Crippen MR) is 83.8 cm³/mol. The van der Waals surface area contributed by atoms with E-state index in [0.717, 1.165) is 16.7 Å². The molecule has 0 spiro atoms. The van der Waals surface area contributed by atoms with Crippen LogP contribution in [0.5, 0.6) is 5.75 Å². The summed E-state index contributed by atoms with van der Waals surface area (Å²) in [5.41, 5.74) is 1.30. The average molecular weight is 304 g/mol. The van der Waals surface area contributed by atoms with Crippen molar-refractivity contribution in [3.8, 4) is 5.75 Å². The minimum absolute atomic E-state index is 0.363. The number of rotatable bonds is 2. The van der Waals surface area contributed by atoms with Gasteiger partial charge in [-0.2, -0.15) is 0 Å². The van der Waals surface area contributed by atoms with Crippen molar-refractivity contribution in [2.75, 3.05) is 20.6 Å². The van der Waals surface area contributed by atoms with Crippen molar-refractivity contribution < 1.29 is 9.84 Å². The monoisotopic (exact) mass is 303 g/mol. The van der Waals surface area contributed by atoms with Gasteiger partial charge >= 0.3 is 0 Å². The third kappa shape index (κ3) is 2.42. The Morgan fingerprint density at radius 3 is 2.62 bits per heavy atom. The SMILES string of the molecule is CN(C)CC1(O)c2ccccc2OCc2c(Cl)cccc21. The Bertz CT molecular complexity index is 672. The molecule has 3 rings (SSSR count). The van der Waals surface area contributed by atoms with Gasteiger partial charge in [0.2, 0.25) is 0 Å². The van der Waals surface area contributed by atoms with Gasteiger partial charge in [0, 0.05) is 22.7 Å². The van der Waals surface area contributed by atoms with Gasteiger partial charge in [-0.25, -0.2) is 0 Å². The molecule has 0 saturated carbocycles. The highest BCUT2D eigenvalue weighted by Crippen LogP contribution is 2.42. The zero-order valence-electron chi connectivity index (χ0n) is 12.1. The summed E-state index contributed by atoms with van der Waals surface area (Å²) in [5, 5.41) is 12.1. The molecule has 1 aliphatic rings. The number of aliphatic hydroxyl groups is 1. The van der Waals surface area contributed by atoms with Crippen LogP contribution in [0.15, 0.2) is 42.5 Å². The molecule has 21 heavy (non-hydrogen) atoms. The van der Waals surface area contributed by atoms with E-state index in [-0.39, 0.29) is 0 Å². The largest absolute Gasteiger partial charge is 0.488 e. The van der Waals surface area contributed by atoms with Crippen molar-refractivity contribution in [2.45, 2.75) is 12.2 Å². The lowest BCUT2D eigenvalue weighted by atomic mass is 9.83. The van der Waals surface area contributed by atoms with E-state index in [1.165, 1.54) is 0 Å². The predicted octanol–water partition coefficient (Wildman–Crippen LogP) is 3.03. The van der Waals surface area contributed by atoms with Crippen LogP contribution in [-0.4, -0.2) is 30.6 Å². The summed E-state index contributed by atoms with van der Waals surface area (Å²) in [6.07, 6.45) is 0. The molecule has 0 aromatic heterocycles. The van der Waals surface area contributed by atoms with E-state index < -0.39 is 5.60 Å². The summed E-state index contributed by atoms with van der Waals surface area (Å²) in [6, 6.07) is 13.2. The molecular formula is C17H18ClNO2. The molecule has 1 atom stereocenters. The summed E-state index contributed by atoms with van der Waals surface area (Å²) in [6.45, 7) is 0.822. The zero-order valence-corrected chi connectivity index (χ0v) is 12.9. The summed E-state index contributed by atoms with van der Waals surface area (Å²) in [5.74, 6) is 0.703. The van der Waals surface area contributed by atoms with Crippen molar-refractivity contribution in [3.63, 3.8) is 0 Å². The Morgan fingerprint density at radius 2 is 1.86 bits per heavy atom. The van der Waals surface area contributed by atoms with Crippen LogP contribution in [-0.2, 0) is 12.2 Å². The molecule has 0 fully saturated rings. The van der Waals surface area contributed by atoms with Gasteiger partial charge in [-0.05, 0) is 31.8 Å². The Labute approximate surface area is 129 Å². The van der Waals surface area contributed by atoms with E-state index in [0.29, 0.717) is 23.9 Å². The van der Waals surface area contributed by atoms with Gasteiger partial charge in [0.05, 0.1) is 0 Å². The number of fused-ring (bicyclic) bond motifs is 2. The molecule has 4 heteroatoms. The first-order valence-electron chi connectivity index (χ1n) is 6.89. The molecule has 1 unspecified atom stereocenters. The van der Waals surface area contributed by atoms with Gasteiger partial charge in [-0.15, -0.1) is 0 Å². The number of halogens is 1. The van der Waals surface area contributed by atoms with E-state index in [2.05, 4.69) is 0 Å². The van der Waals surface area contributed by atoms with Crippen molar-refractivity contribution >= 4 is 11.6 Å². The average Bonchev–Trinajstić information content (AvgIpc) is 2.56. The normalized spacial score (nSPS) is 20.4. The molecule has 110 valence electrons. The van der Waals surface area contributed by atoms with Crippen molar-refractivity contribution in [1.82, 2.24) is 4.90 Å². The first-order valence-corrected chi connectivity index (χ1v) is 7.27. The topological polar surface area (TPSA) is 32.7 Å². The Hall–Kier alpha value is -1.55. The van der Waals surface area contributed by atoms with Crippen LogP contribution in [0.25, 0.3) is 0 Å². The number of likely N-dealkylation sites (N-methyl/N-ethyl adjacent to an activating group) is 1. The molecule has 0 saturated heterocycles. The van der Waals surface area contributed by atoms with E-state index in [1.54, 1.807) is 0 Å². The molecule has 1 aliphatic heterocycles. The van der Waals surface area contributed by atoms with Crippen molar-refractivity contribution in [1.29, 1.82) is 0 Å². The highest BCUT2D eigenvalue weighted by molar-refractivity contribution is 6.31. The van der Waals surface area contributed by atoms with Gasteiger partial charge in [0.1, 0.15) is 18.0 Å². The maximum Gasteiger partial charge on any atom is 0.131 e. The van der Waals surface area contributed by atoms with Crippen LogP contribution in [0.1, 0.15) is 16.7 Å². The summed E-state index contributed by atoms with van der Waals surface area (Å²) in [4.78, 5) is 1.97. The fourth-order valence-corrected chi connectivity index (χ4v) is 3.18. The molecule has 0 radical (unpaired) electrons. The number of para-hydroxylation sites is 1. The van der Waals surface area contributed by atoms with Crippen LogP contribution in [0.4, 0.5) is 0 Å². The van der Waals surface area contributed by atoms with Crippen LogP contribution < -0.4 is 4.74 Å². The van der Waals surface area contributed by atoms with Gasteiger partial charge in [-0.3, -0.25) is 0 Å². The Balaban J connectivity index is 2.27. The van der Waals surface area contributed by atoms with E-state index in [4.69, 9.17) is 16.3 Å². The number of nitrogens with zero attached hydrogens (tertiary/aromatic N) is 1. The fraction of sp³-hybridized carbons (Fsp3) is 0.294. The summed E-state index contributed by atoms with van der Waals surface area (Å²) >= 11 is 6.32. The Morgan fingerprint density at radius 1 is 1.14 bits per heavy atom. The third-order valence-corrected chi connectivity index (χ3v) is 4.17. The highest BCUT2D eigenvalue weighted by Gasteiger charge is 2.39. The minimum Gasteiger partial charge on any atom is -0.488 e. The third-order valence-electron chi connectivity index (χ3n) is 3.81. The minimum atomic E-state index is -1.14. The first kappa shape index (κ1) is 14.4. The van der Waals surface area contributed by atoms with E-state index >= 15 is 0 Å². The quantitative estimate of drug-likeness (QED) is 0.925. The van der Waals surface area contributed by atoms with Crippen LogP contribution >= 0.6 is 11.6 Å². The van der Waals surface area contributed by atoms with E-state index in [9.17, 15) is 5.11 Å². The van der Waals surface area contributed by atoms with Gasteiger partial charge < -0.3 is 14.7 Å². The molecule has 0 bridgehead atoms. The molecular weight excluding hydrogens is 286 g/mol. The molecule has 2 aromatic rings. The van der Waals surface area contributed by atoms with Crippen molar-refractivity contribution in [2.24, 2.45) is 0 Å². The lowest BCUT2D eigenvalue weighted by Gasteiger charge is -2.32. The first-order chi connectivity index (χ1) is 10.0. The van der Waals surface area contributed by atoms with Crippen LogP contribution in [0.2, 0.25) is 5.02 Å². The van der Waals surface area contributed by atoms with Gasteiger partial charge in [-0.1, -0.05) is 41.9 Å². The lowest BCUT2D eigenvalue weighted by molar-refractivity contribution is 0.0508. The standard InChI is InChI=1S/C17H18ClNO2/c1-19(2)11-17(20)13-7-5-8-15(18)12(13)10-21-16-9-4-3-6-14(16)17/h3-9,20H,10-11H2,1-2H3. The smallest absolute Gasteiger partial charge is 0.131 e. The summed E-state index contributed by atoms with van der Waals surface area (Å²) < 4.78 is 5.87. The molecule has 1 N–H and O–H groups in total. The second kappa shape index (κ2) is 5.34. The lowest BCUT2D eigenvalue weighted by Crippen LogP contribution is -2.39. The van der Waals surface area contributed by atoms with E-state index in [1.807, 2.05) is 61.5 Å². The zero-order chi connectivity index (χ0) is 15.0. The molecule has 2 aromatic carbocycles. The van der Waals surface area contributed by atoms with Crippen LogP contribution in [0, 0.1) is 0 Å². The molecule has 0 amide bonds. The highest BCUT2D eigenvalue weighted by atomic mass is 35.5. The van der Waals surface area contributed by atoms with Gasteiger partial charge in [0.15, 0.2) is 0 Å². The Kier molecular flexibility index (Phi) is 3.66. The maximum atomic E-state index is 11.5. The molecule has 0 aliphatic carbocycles. The number of ether oxygens (including phenoxy) is 1. The maximum absolute atomic E-state index is 11.5. The fourth-order valence-electron chi connectivity index (χ4n) is 2.95. The second-order valence-corrected chi connectivity index (χ2v) is 6.06. The number of benzene rings is 2.